The number of aromatic nitrogens is 1. The number of nitrogens with zero attached hydrogens (tertiary/aromatic N) is 1. The third kappa shape index (κ3) is 4.48. The molecule has 0 spiro atoms. The minimum atomic E-state index is -0.236. The Morgan fingerprint density at radius 2 is 2.12 bits per heavy atom. The topological polar surface area (TPSA) is 64.4 Å². The fourth-order valence-corrected chi connectivity index (χ4v) is 3.15. The highest BCUT2D eigenvalue weighted by molar-refractivity contribution is 7.10. The van der Waals surface area contributed by atoms with E-state index in [1.807, 2.05) is 48.7 Å². The number of oxazole rings is 1. The zero-order valence-electron chi connectivity index (χ0n) is 14.2. The summed E-state index contributed by atoms with van der Waals surface area (Å²) in [7, 11) is 0. The van der Waals surface area contributed by atoms with Gasteiger partial charge in [-0.25, -0.2) is 4.98 Å². The van der Waals surface area contributed by atoms with E-state index in [1.54, 1.807) is 18.3 Å². The van der Waals surface area contributed by atoms with Gasteiger partial charge in [0.1, 0.15) is 12.4 Å². The predicted molar refractivity (Wildman–Crippen MR) is 96.9 cm³/mol. The molecule has 6 heteroatoms. The lowest BCUT2D eigenvalue weighted by Gasteiger charge is -2.03. The second kappa shape index (κ2) is 7.98. The van der Waals surface area contributed by atoms with Crippen LogP contribution in [0.5, 0.6) is 5.75 Å². The van der Waals surface area contributed by atoms with Gasteiger partial charge in [0, 0.05) is 16.9 Å². The second-order valence-corrected chi connectivity index (χ2v) is 6.58. The molecule has 3 rings (SSSR count). The van der Waals surface area contributed by atoms with Gasteiger partial charge >= 0.3 is 0 Å². The number of rotatable bonds is 7. The van der Waals surface area contributed by atoms with Crippen molar-refractivity contribution in [2.75, 3.05) is 0 Å². The maximum atomic E-state index is 12.2. The number of benzene rings is 1. The summed E-state index contributed by atoms with van der Waals surface area (Å²) in [5, 5.41) is 4.92. The van der Waals surface area contributed by atoms with E-state index in [9.17, 15) is 4.79 Å². The summed E-state index contributed by atoms with van der Waals surface area (Å²) in [6.45, 7) is 4.69. The maximum Gasteiger partial charge on any atom is 0.289 e. The molecule has 0 bridgehead atoms. The van der Waals surface area contributed by atoms with Crippen molar-refractivity contribution in [1.82, 2.24) is 10.3 Å². The van der Waals surface area contributed by atoms with E-state index in [0.717, 1.165) is 16.2 Å². The van der Waals surface area contributed by atoms with Crippen molar-refractivity contribution in [3.05, 3.63) is 69.6 Å². The molecule has 0 atom stereocenters. The van der Waals surface area contributed by atoms with Crippen molar-refractivity contribution in [3.63, 3.8) is 0 Å². The first kappa shape index (κ1) is 17.2. The fourth-order valence-electron chi connectivity index (χ4n) is 2.34. The van der Waals surface area contributed by atoms with Crippen LogP contribution in [0.15, 0.2) is 46.2 Å². The van der Waals surface area contributed by atoms with E-state index in [2.05, 4.69) is 10.3 Å². The third-order valence-corrected chi connectivity index (χ3v) is 4.62. The van der Waals surface area contributed by atoms with E-state index in [0.29, 0.717) is 36.9 Å². The highest BCUT2D eigenvalue weighted by Gasteiger charge is 2.16. The average Bonchev–Trinajstić information content (AvgIpc) is 3.25. The molecular formula is C19H20N2O3S. The Hall–Kier alpha value is -2.60. The van der Waals surface area contributed by atoms with Gasteiger partial charge in [0.15, 0.2) is 5.89 Å². The van der Waals surface area contributed by atoms with Gasteiger partial charge in [-0.15, -0.1) is 11.3 Å². The molecular weight excluding hydrogens is 336 g/mol. The van der Waals surface area contributed by atoms with Crippen LogP contribution >= 0.6 is 11.3 Å². The van der Waals surface area contributed by atoms with Gasteiger partial charge in [-0.1, -0.05) is 25.1 Å². The summed E-state index contributed by atoms with van der Waals surface area (Å²) in [5.74, 6) is 1.48. The molecule has 0 saturated carbocycles. The van der Waals surface area contributed by atoms with Crippen LogP contribution < -0.4 is 10.1 Å². The first-order valence-electron chi connectivity index (χ1n) is 8.14. The zero-order chi connectivity index (χ0) is 17.6. The number of carbonyl (C=O) groups excluding carboxylic acids is 1. The average molecular weight is 356 g/mol. The number of hydrogen-bond donors (Lipinski definition) is 1. The van der Waals surface area contributed by atoms with Gasteiger partial charge in [-0.2, -0.15) is 0 Å². The Morgan fingerprint density at radius 1 is 1.32 bits per heavy atom. The Bertz CT molecular complexity index is 839. The van der Waals surface area contributed by atoms with Crippen molar-refractivity contribution in [1.29, 1.82) is 0 Å². The molecule has 0 saturated heterocycles. The Labute approximate surface area is 150 Å². The molecule has 0 fully saturated rings. The predicted octanol–water partition coefficient (Wildman–Crippen LogP) is 4.12. The normalized spacial score (nSPS) is 10.6. The lowest BCUT2D eigenvalue weighted by Crippen LogP contribution is -2.22. The molecule has 1 amide bonds. The van der Waals surface area contributed by atoms with E-state index in [4.69, 9.17) is 9.15 Å². The van der Waals surface area contributed by atoms with Gasteiger partial charge < -0.3 is 14.5 Å². The molecule has 0 unspecified atom stereocenters. The van der Waals surface area contributed by atoms with Crippen molar-refractivity contribution in [2.24, 2.45) is 0 Å². The maximum absolute atomic E-state index is 12.2. The molecule has 0 aliphatic heterocycles. The number of carbonyl (C=O) groups is 1. The van der Waals surface area contributed by atoms with Gasteiger partial charge in [-0.3, -0.25) is 4.79 Å². The van der Waals surface area contributed by atoms with E-state index in [1.165, 1.54) is 0 Å². The van der Waals surface area contributed by atoms with Crippen LogP contribution in [-0.4, -0.2) is 10.9 Å². The van der Waals surface area contributed by atoms with Crippen molar-refractivity contribution < 1.29 is 13.9 Å². The first-order valence-corrected chi connectivity index (χ1v) is 9.02. The first-order chi connectivity index (χ1) is 12.2. The number of nitrogens with one attached hydrogen (secondary N) is 1. The summed E-state index contributed by atoms with van der Waals surface area (Å²) in [6, 6.07) is 11.7. The highest BCUT2D eigenvalue weighted by Crippen LogP contribution is 2.18. The monoisotopic (exact) mass is 356 g/mol. The quantitative estimate of drug-likeness (QED) is 0.692. The van der Waals surface area contributed by atoms with E-state index in [-0.39, 0.29) is 5.91 Å². The smallest absolute Gasteiger partial charge is 0.289 e. The fraction of sp³-hybridized carbons (Fsp3) is 0.263. The molecule has 1 N–H and O–H groups in total. The van der Waals surface area contributed by atoms with Gasteiger partial charge in [-0.05, 0) is 30.5 Å². The molecule has 2 heterocycles. The van der Waals surface area contributed by atoms with E-state index < -0.39 is 0 Å². The van der Waals surface area contributed by atoms with Crippen LogP contribution in [0.3, 0.4) is 0 Å². The Morgan fingerprint density at radius 3 is 2.84 bits per heavy atom. The summed E-state index contributed by atoms with van der Waals surface area (Å²) >= 11 is 1.59. The van der Waals surface area contributed by atoms with E-state index >= 15 is 0 Å². The number of para-hydroxylation sites is 1. The van der Waals surface area contributed by atoms with Crippen LogP contribution in [0, 0.1) is 6.92 Å². The van der Waals surface area contributed by atoms with Crippen molar-refractivity contribution in [3.8, 4) is 5.75 Å². The molecule has 0 aliphatic rings. The number of thiophene rings is 1. The number of ether oxygens (including phenoxy) is 1. The molecule has 25 heavy (non-hydrogen) atoms. The largest absolute Gasteiger partial charge is 0.489 e. The van der Waals surface area contributed by atoms with Crippen LogP contribution in [-0.2, 0) is 19.6 Å². The summed E-state index contributed by atoms with van der Waals surface area (Å²) in [5.41, 5.74) is 1.71. The van der Waals surface area contributed by atoms with Crippen LogP contribution in [0.1, 0.15) is 39.5 Å². The SMILES string of the molecule is CCc1nc(C)c(C(=O)NCc2cc(COc3ccccc3)cs2)o1. The zero-order valence-corrected chi connectivity index (χ0v) is 15.1. The Kier molecular flexibility index (Phi) is 5.50. The lowest BCUT2D eigenvalue weighted by atomic mass is 10.3. The minimum Gasteiger partial charge on any atom is -0.489 e. The van der Waals surface area contributed by atoms with Crippen LogP contribution in [0.2, 0.25) is 0 Å². The molecule has 5 nitrogen and oxygen atoms in total. The number of amides is 1. The van der Waals surface area contributed by atoms with Crippen LogP contribution in [0.4, 0.5) is 0 Å². The molecule has 2 aromatic heterocycles. The molecule has 3 aromatic rings. The highest BCUT2D eigenvalue weighted by atomic mass is 32.1. The number of hydrogen-bond acceptors (Lipinski definition) is 5. The minimum absolute atomic E-state index is 0.236. The van der Waals surface area contributed by atoms with Gasteiger partial charge in [0.2, 0.25) is 5.76 Å². The molecule has 130 valence electrons. The molecule has 0 radical (unpaired) electrons. The Balaban J connectivity index is 1.52. The molecule has 0 aliphatic carbocycles. The number of aryl methyl sites for hydroxylation is 2. The van der Waals surface area contributed by atoms with Gasteiger partial charge in [0.05, 0.1) is 12.2 Å². The summed E-state index contributed by atoms with van der Waals surface area (Å²) in [4.78, 5) is 17.5. The van der Waals surface area contributed by atoms with Crippen molar-refractivity contribution >= 4 is 17.2 Å². The van der Waals surface area contributed by atoms with Gasteiger partial charge in [0.25, 0.3) is 5.91 Å². The summed E-state index contributed by atoms with van der Waals surface area (Å²) in [6.07, 6.45) is 0.670. The summed E-state index contributed by atoms with van der Waals surface area (Å²) < 4.78 is 11.2. The lowest BCUT2D eigenvalue weighted by molar-refractivity contribution is 0.0921. The van der Waals surface area contributed by atoms with Crippen molar-refractivity contribution in [2.45, 2.75) is 33.4 Å². The van der Waals surface area contributed by atoms with Crippen LogP contribution in [0.25, 0.3) is 0 Å². The third-order valence-electron chi connectivity index (χ3n) is 3.63. The molecule has 1 aromatic carbocycles. The standard InChI is InChI=1S/C19H20N2O3S/c1-3-17-21-13(2)18(24-17)19(22)20-10-16-9-14(12-25-16)11-23-15-7-5-4-6-8-15/h4-9,12H,3,10-11H2,1-2H3,(H,20,22). The second-order valence-electron chi connectivity index (χ2n) is 5.58.